The van der Waals surface area contributed by atoms with Crippen molar-refractivity contribution in [3.63, 3.8) is 0 Å². The number of aromatic nitrogens is 1. The van der Waals surface area contributed by atoms with Crippen LogP contribution >= 0.6 is 0 Å². The maximum atomic E-state index is 13.0. The Morgan fingerprint density at radius 3 is 2.26 bits per heavy atom. The van der Waals surface area contributed by atoms with E-state index in [1.54, 1.807) is 40.2 Å². The molecule has 1 aromatic heterocycles. The topological polar surface area (TPSA) is 91.1 Å². The normalized spacial score (nSPS) is 15.3. The van der Waals surface area contributed by atoms with Gasteiger partial charge in [-0.3, -0.25) is 0 Å². The van der Waals surface area contributed by atoms with Crippen molar-refractivity contribution in [2.24, 2.45) is 0 Å². The van der Waals surface area contributed by atoms with Crippen molar-refractivity contribution in [1.82, 2.24) is 9.46 Å². The summed E-state index contributed by atoms with van der Waals surface area (Å²) in [6, 6.07) is 9.14. The molecular weight excluding hydrogens is 525 g/mol. The summed E-state index contributed by atoms with van der Waals surface area (Å²) in [5.74, 6) is 1.14. The number of fused-ring (bicyclic) bond motifs is 1. The number of nitrogens with zero attached hydrogens (tertiary/aromatic N) is 2. The van der Waals surface area contributed by atoms with Crippen LogP contribution in [0.3, 0.4) is 0 Å². The zero-order valence-electron chi connectivity index (χ0n) is 22.4. The van der Waals surface area contributed by atoms with Crippen LogP contribution < -0.4 is 14.2 Å². The molecule has 0 fully saturated rings. The quantitative estimate of drug-likeness (QED) is 0.367. The Labute approximate surface area is 221 Å². The van der Waals surface area contributed by atoms with Crippen molar-refractivity contribution in [2.45, 2.75) is 58.3 Å². The van der Waals surface area contributed by atoms with Crippen molar-refractivity contribution in [3.8, 4) is 17.2 Å². The van der Waals surface area contributed by atoms with Gasteiger partial charge >= 0.3 is 6.36 Å². The summed E-state index contributed by atoms with van der Waals surface area (Å²) in [5, 5.41) is 3.68. The lowest BCUT2D eigenvalue weighted by atomic mass is 9.94. The van der Waals surface area contributed by atoms with Crippen LogP contribution in [0.5, 0.6) is 17.2 Å². The Morgan fingerprint density at radius 2 is 1.74 bits per heavy atom. The zero-order chi connectivity index (χ0) is 28.7. The number of rotatable bonds is 5. The van der Waals surface area contributed by atoms with Crippen molar-refractivity contribution in [3.05, 3.63) is 65.0 Å². The van der Waals surface area contributed by atoms with Crippen LogP contribution in [0.25, 0.3) is 0 Å². The van der Waals surface area contributed by atoms with Gasteiger partial charge in [0.05, 0.1) is 20.3 Å². The van der Waals surface area contributed by atoms with Crippen LogP contribution in [0.15, 0.2) is 52.1 Å². The molecule has 12 heteroatoms. The van der Waals surface area contributed by atoms with Gasteiger partial charge in [0.1, 0.15) is 34.1 Å². The third-order valence-electron chi connectivity index (χ3n) is 5.62. The Morgan fingerprint density at radius 1 is 1.05 bits per heavy atom. The van der Waals surface area contributed by atoms with Gasteiger partial charge in [0.2, 0.25) is 10.0 Å². The van der Waals surface area contributed by atoms with E-state index in [1.807, 2.05) is 26.8 Å². The molecule has 2 aromatic carbocycles. The fourth-order valence-corrected chi connectivity index (χ4v) is 5.67. The van der Waals surface area contributed by atoms with E-state index in [-0.39, 0.29) is 16.7 Å². The number of alkyl halides is 3. The minimum Gasteiger partial charge on any atom is -0.497 e. The largest absolute Gasteiger partial charge is 0.573 e. The molecule has 0 spiro atoms. The summed E-state index contributed by atoms with van der Waals surface area (Å²) in [6.45, 7) is 9.54. The molecular formula is C26H33F3N2O6S. The number of hydrogen-bond donors (Lipinski definition) is 0. The maximum absolute atomic E-state index is 13.0. The molecule has 1 atom stereocenters. The van der Waals surface area contributed by atoms with Crippen molar-refractivity contribution >= 4 is 10.0 Å². The molecule has 210 valence electrons. The molecule has 0 amide bonds. The summed E-state index contributed by atoms with van der Waals surface area (Å²) in [4.78, 5) is 0.102. The van der Waals surface area contributed by atoms with Crippen LogP contribution in [-0.2, 0) is 16.4 Å². The molecule has 38 heavy (non-hydrogen) atoms. The summed E-state index contributed by atoms with van der Waals surface area (Å²) in [5.41, 5.74) is 2.99. The fourth-order valence-electron chi connectivity index (χ4n) is 3.99. The summed E-state index contributed by atoms with van der Waals surface area (Å²) in [7, 11) is -0.527. The van der Waals surface area contributed by atoms with Gasteiger partial charge in [-0.25, -0.2) is 8.42 Å². The van der Waals surface area contributed by atoms with Crippen LogP contribution in [0, 0.1) is 13.8 Å². The van der Waals surface area contributed by atoms with Gasteiger partial charge in [-0.2, -0.15) is 4.31 Å². The predicted octanol–water partition coefficient (Wildman–Crippen LogP) is 6.23. The number of methoxy groups -OCH3 is 2. The highest BCUT2D eigenvalue weighted by Crippen LogP contribution is 2.41. The van der Waals surface area contributed by atoms with Crippen LogP contribution in [0.4, 0.5) is 13.2 Å². The molecule has 8 nitrogen and oxygen atoms in total. The first-order chi connectivity index (χ1) is 17.9. The van der Waals surface area contributed by atoms with Gasteiger partial charge < -0.3 is 18.7 Å². The molecule has 0 saturated carbocycles. The van der Waals surface area contributed by atoms with E-state index in [4.69, 9.17) is 14.0 Å². The maximum Gasteiger partial charge on any atom is 0.573 e. The lowest BCUT2D eigenvalue weighted by molar-refractivity contribution is -0.274. The monoisotopic (exact) mass is 558 g/mol. The molecule has 0 N–H and O–H groups in total. The Bertz CT molecular complexity index is 1290. The van der Waals surface area contributed by atoms with E-state index in [9.17, 15) is 21.6 Å². The summed E-state index contributed by atoms with van der Waals surface area (Å²) >= 11 is 0. The minimum atomic E-state index is -4.60. The molecule has 1 unspecified atom stereocenters. The Hall–Kier alpha value is -3.25. The highest BCUT2D eigenvalue weighted by atomic mass is 32.2. The smallest absolute Gasteiger partial charge is 0.497 e. The lowest BCUT2D eigenvalue weighted by Crippen LogP contribution is -2.39. The Balaban J connectivity index is 0.000000305. The SMILES string of the molecule is CC.COc1cc2c(c(OC)c1)C(C)N(S(=O)(=O)c1conc1C)CC2.Cc1cccc(OC(F)(F)F)c1. The highest BCUT2D eigenvalue weighted by molar-refractivity contribution is 7.89. The number of sulfonamides is 1. The Kier molecular flexibility index (Phi) is 10.6. The number of hydrogen-bond acceptors (Lipinski definition) is 7. The molecule has 4 rings (SSSR count). The lowest BCUT2D eigenvalue weighted by Gasteiger charge is -2.35. The van der Waals surface area contributed by atoms with Crippen molar-refractivity contribution in [1.29, 1.82) is 0 Å². The number of benzene rings is 2. The minimum absolute atomic E-state index is 0.102. The van der Waals surface area contributed by atoms with Gasteiger partial charge in [0.25, 0.3) is 0 Å². The molecule has 1 aliphatic heterocycles. The standard InChI is InChI=1S/C16H20N2O5S.C8H7F3O.C2H6/c1-10-15(9-23-17-10)24(19,20)18-6-5-12-7-13(21-3)8-14(22-4)16(12)11(18)2;1-6-3-2-4-7(5-6)12-8(9,10)11;1-2/h7-9,11H,5-6H2,1-4H3;2-5H,1H3;1-2H3. The zero-order valence-corrected chi connectivity index (χ0v) is 23.2. The van der Waals surface area contributed by atoms with Crippen molar-refractivity contribution < 1.29 is 40.3 Å². The number of ether oxygens (including phenoxy) is 3. The van der Waals surface area contributed by atoms with E-state index in [0.29, 0.717) is 30.2 Å². The van der Waals surface area contributed by atoms with E-state index < -0.39 is 16.4 Å². The van der Waals surface area contributed by atoms with Gasteiger partial charge in [-0.1, -0.05) is 31.1 Å². The van der Waals surface area contributed by atoms with Gasteiger partial charge in [-0.15, -0.1) is 13.2 Å². The van der Waals surface area contributed by atoms with E-state index in [0.717, 1.165) is 16.7 Å². The first kappa shape index (κ1) is 31.0. The van der Waals surface area contributed by atoms with Crippen LogP contribution in [0.1, 0.15) is 49.2 Å². The molecule has 0 saturated heterocycles. The number of halogens is 3. The van der Waals surface area contributed by atoms with Crippen LogP contribution in [-0.4, -0.2) is 45.0 Å². The second-order valence-electron chi connectivity index (χ2n) is 8.07. The van der Waals surface area contributed by atoms with E-state index in [2.05, 4.69) is 9.89 Å². The summed E-state index contributed by atoms with van der Waals surface area (Å²) in [6.07, 6.45) is -2.84. The number of aryl methyl sites for hydroxylation is 2. The van der Waals surface area contributed by atoms with E-state index in [1.165, 1.54) is 28.8 Å². The third kappa shape index (κ3) is 7.41. The fraction of sp³-hybridized carbons (Fsp3) is 0.423. The van der Waals surface area contributed by atoms with Gasteiger partial charge in [0.15, 0.2) is 0 Å². The third-order valence-corrected chi connectivity index (χ3v) is 7.69. The highest BCUT2D eigenvalue weighted by Gasteiger charge is 2.37. The molecule has 3 aromatic rings. The molecule has 0 aliphatic carbocycles. The second kappa shape index (κ2) is 13.0. The first-order valence-corrected chi connectivity index (χ1v) is 13.3. The van der Waals surface area contributed by atoms with E-state index >= 15 is 0 Å². The van der Waals surface area contributed by atoms with Gasteiger partial charge in [0, 0.05) is 18.2 Å². The molecule has 2 heterocycles. The van der Waals surface area contributed by atoms with Crippen LogP contribution in [0.2, 0.25) is 0 Å². The average Bonchev–Trinajstić information content (AvgIpc) is 3.30. The second-order valence-corrected chi connectivity index (χ2v) is 9.93. The molecule has 0 radical (unpaired) electrons. The summed E-state index contributed by atoms with van der Waals surface area (Å²) < 4.78 is 81.6. The molecule has 0 bridgehead atoms. The predicted molar refractivity (Wildman–Crippen MR) is 136 cm³/mol. The molecule has 1 aliphatic rings. The first-order valence-electron chi connectivity index (χ1n) is 11.9. The van der Waals surface area contributed by atoms with Gasteiger partial charge in [-0.05, 0) is 56.5 Å². The average molecular weight is 559 g/mol. The van der Waals surface area contributed by atoms with Crippen molar-refractivity contribution in [2.75, 3.05) is 20.8 Å².